The molecule has 0 saturated carbocycles. The number of phenols is 2. The molecule has 2 N–H and O–H groups in total. The van der Waals surface area contributed by atoms with Crippen molar-refractivity contribution in [2.45, 2.75) is 19.8 Å². The number of rotatable bonds is 6. The van der Waals surface area contributed by atoms with E-state index in [1.807, 2.05) is 98.0 Å². The average Bonchev–Trinajstić information content (AvgIpc) is 2.94. The minimum atomic E-state index is 0.173. The van der Waals surface area contributed by atoms with Crippen LogP contribution < -0.4 is 0 Å². The second-order valence-electron chi connectivity index (χ2n) is 9.24. The van der Waals surface area contributed by atoms with Gasteiger partial charge in [0.1, 0.15) is 17.2 Å². The quantitative estimate of drug-likeness (QED) is 0.197. The van der Waals surface area contributed by atoms with Crippen LogP contribution in [0.25, 0.3) is 29.3 Å². The Bertz CT molecular complexity index is 1560. The fourth-order valence-corrected chi connectivity index (χ4v) is 4.57. The Morgan fingerprint density at radius 1 is 0.816 bits per heavy atom. The number of allylic oxidation sites excluding steroid dienone is 1. The lowest BCUT2D eigenvalue weighted by Gasteiger charge is -2.15. The van der Waals surface area contributed by atoms with Crippen LogP contribution in [0.4, 0.5) is 11.4 Å². The number of aryl methyl sites for hydroxylation is 2. The average molecular weight is 519 g/mol. The molecule has 0 aromatic heterocycles. The van der Waals surface area contributed by atoms with Crippen LogP contribution in [0.2, 0.25) is 0 Å². The first-order chi connectivity index (χ1) is 18.5. The maximum atomic E-state index is 10.6. The van der Waals surface area contributed by atoms with Gasteiger partial charge in [-0.25, -0.2) is 0 Å². The number of hydrogen-bond acceptors (Lipinski definition) is 4. The van der Waals surface area contributed by atoms with Crippen molar-refractivity contribution in [2.24, 2.45) is 10.2 Å². The number of phenolic OH excluding ortho intramolecular Hbond substituents is 2. The van der Waals surface area contributed by atoms with Crippen LogP contribution in [0.15, 0.2) is 95.2 Å². The third-order valence-electron chi connectivity index (χ3n) is 6.45. The fraction of sp³-hybridized carbons (Fsp3) is 0.0909. The Balaban J connectivity index is 1.27. The zero-order chi connectivity index (χ0) is 26.5. The number of hydrogen-bond donors (Lipinski definition) is 2. The molecule has 0 atom stereocenters. The molecule has 0 spiro atoms. The zero-order valence-electron chi connectivity index (χ0n) is 21.0. The van der Waals surface area contributed by atoms with Crippen molar-refractivity contribution in [1.82, 2.24) is 0 Å². The van der Waals surface area contributed by atoms with Gasteiger partial charge in [0.05, 0.1) is 5.69 Å². The van der Waals surface area contributed by atoms with Gasteiger partial charge in [0, 0.05) is 10.6 Å². The molecule has 38 heavy (non-hydrogen) atoms. The van der Waals surface area contributed by atoms with Crippen LogP contribution in [0.3, 0.4) is 0 Å². The highest BCUT2D eigenvalue weighted by atomic mass is 35.5. The lowest BCUT2D eigenvalue weighted by Crippen LogP contribution is -1.96. The standard InChI is InChI=1S/C33H27ClN2O2/c1-22-20-27-4-2-3-5-30(27)32(33(22)38)36-35-28-16-10-25(11-17-28)21-31(34)26-14-8-23(9-15-26)6-7-24-12-18-29(37)19-13-24/h3,5-21,37-38H,2,4H2,1H3/b7-6-,31-21+,36-35?. The van der Waals surface area contributed by atoms with Gasteiger partial charge in [-0.2, -0.15) is 5.11 Å². The van der Waals surface area contributed by atoms with Crippen LogP contribution in [-0.2, 0) is 6.42 Å². The second-order valence-corrected chi connectivity index (χ2v) is 9.64. The highest BCUT2D eigenvalue weighted by molar-refractivity contribution is 6.51. The van der Waals surface area contributed by atoms with Crippen molar-refractivity contribution in [2.75, 3.05) is 0 Å². The third-order valence-corrected chi connectivity index (χ3v) is 6.78. The summed E-state index contributed by atoms with van der Waals surface area (Å²) < 4.78 is 0. The highest BCUT2D eigenvalue weighted by Gasteiger charge is 2.16. The van der Waals surface area contributed by atoms with E-state index in [4.69, 9.17) is 11.6 Å². The Morgan fingerprint density at radius 3 is 2.13 bits per heavy atom. The van der Waals surface area contributed by atoms with Gasteiger partial charge in [0.25, 0.3) is 0 Å². The number of azo groups is 1. The van der Waals surface area contributed by atoms with Crippen molar-refractivity contribution in [3.05, 3.63) is 124 Å². The Morgan fingerprint density at radius 2 is 1.45 bits per heavy atom. The van der Waals surface area contributed by atoms with Gasteiger partial charge in [0.2, 0.25) is 0 Å². The molecule has 1 aliphatic rings. The summed E-state index contributed by atoms with van der Waals surface area (Å²) in [5, 5.41) is 29.4. The maximum absolute atomic E-state index is 10.6. The van der Waals surface area contributed by atoms with Crippen molar-refractivity contribution in [3.8, 4) is 11.5 Å². The largest absolute Gasteiger partial charge is 0.508 e. The minimum Gasteiger partial charge on any atom is -0.508 e. The topological polar surface area (TPSA) is 65.2 Å². The van der Waals surface area contributed by atoms with Crippen molar-refractivity contribution < 1.29 is 10.2 Å². The number of nitrogens with zero attached hydrogens (tertiary/aromatic N) is 2. The third kappa shape index (κ3) is 5.93. The van der Waals surface area contributed by atoms with E-state index >= 15 is 0 Å². The zero-order valence-corrected chi connectivity index (χ0v) is 21.7. The van der Waals surface area contributed by atoms with Gasteiger partial charge in [-0.1, -0.05) is 90.5 Å². The summed E-state index contributed by atoms with van der Waals surface area (Å²) in [6.07, 6.45) is 12.0. The summed E-state index contributed by atoms with van der Waals surface area (Å²) >= 11 is 6.60. The van der Waals surface area contributed by atoms with Gasteiger partial charge in [-0.05, 0) is 83.5 Å². The summed E-state index contributed by atoms with van der Waals surface area (Å²) in [6, 6.07) is 24.7. The Kier molecular flexibility index (Phi) is 7.52. The molecule has 5 rings (SSSR count). The van der Waals surface area contributed by atoms with E-state index in [9.17, 15) is 10.2 Å². The molecule has 0 saturated heterocycles. The molecule has 0 fully saturated rings. The first kappa shape index (κ1) is 25.2. The Labute approximate surface area is 227 Å². The Hall–Kier alpha value is -4.41. The van der Waals surface area contributed by atoms with Crippen molar-refractivity contribution in [3.63, 3.8) is 0 Å². The smallest absolute Gasteiger partial charge is 0.146 e. The highest BCUT2D eigenvalue weighted by Crippen LogP contribution is 2.40. The first-order valence-electron chi connectivity index (χ1n) is 12.4. The fourth-order valence-electron chi connectivity index (χ4n) is 4.31. The van der Waals surface area contributed by atoms with Gasteiger partial charge in [-0.3, -0.25) is 0 Å². The van der Waals surface area contributed by atoms with E-state index in [1.165, 1.54) is 5.56 Å². The number of aromatic hydroxyl groups is 2. The molecule has 188 valence electrons. The summed E-state index contributed by atoms with van der Waals surface area (Å²) in [4.78, 5) is 0. The summed E-state index contributed by atoms with van der Waals surface area (Å²) in [5.41, 5.74) is 8.09. The van der Waals surface area contributed by atoms with Crippen LogP contribution in [0.1, 0.15) is 45.4 Å². The molecule has 0 amide bonds. The second kappa shape index (κ2) is 11.3. The lowest BCUT2D eigenvalue weighted by atomic mass is 9.93. The molecule has 0 radical (unpaired) electrons. The van der Waals surface area contributed by atoms with E-state index in [1.54, 1.807) is 12.1 Å². The number of benzene rings is 4. The van der Waals surface area contributed by atoms with Crippen molar-refractivity contribution in [1.29, 1.82) is 0 Å². The van der Waals surface area contributed by atoms with Crippen LogP contribution in [-0.4, -0.2) is 10.2 Å². The van der Waals surface area contributed by atoms with Gasteiger partial charge in [-0.15, -0.1) is 5.11 Å². The summed E-state index contributed by atoms with van der Waals surface area (Å²) in [5.74, 6) is 0.428. The van der Waals surface area contributed by atoms with E-state index in [2.05, 4.69) is 16.3 Å². The maximum Gasteiger partial charge on any atom is 0.146 e. The van der Waals surface area contributed by atoms with Gasteiger partial charge >= 0.3 is 0 Å². The van der Waals surface area contributed by atoms with Crippen LogP contribution >= 0.6 is 11.6 Å². The molecule has 4 aromatic rings. The first-order valence-corrected chi connectivity index (χ1v) is 12.8. The van der Waals surface area contributed by atoms with E-state index in [0.29, 0.717) is 16.4 Å². The molecule has 0 aliphatic heterocycles. The van der Waals surface area contributed by atoms with Crippen LogP contribution in [0.5, 0.6) is 11.5 Å². The molecule has 5 heteroatoms. The van der Waals surface area contributed by atoms with Crippen LogP contribution in [0, 0.1) is 6.92 Å². The van der Waals surface area contributed by atoms with E-state index in [-0.39, 0.29) is 11.5 Å². The minimum absolute atomic E-state index is 0.173. The molecule has 1 aliphatic carbocycles. The van der Waals surface area contributed by atoms with Gasteiger partial charge in [0.15, 0.2) is 0 Å². The van der Waals surface area contributed by atoms with Crippen molar-refractivity contribution >= 4 is 52.3 Å². The molecule has 4 aromatic carbocycles. The number of halogens is 1. The van der Waals surface area contributed by atoms with E-state index < -0.39 is 0 Å². The monoisotopic (exact) mass is 518 g/mol. The van der Waals surface area contributed by atoms with E-state index in [0.717, 1.165) is 46.2 Å². The predicted octanol–water partition coefficient (Wildman–Crippen LogP) is 9.69. The molecule has 4 nitrogen and oxygen atoms in total. The normalized spacial score (nSPS) is 13.4. The molecule has 0 unspecified atom stereocenters. The number of fused-ring (bicyclic) bond motifs is 1. The van der Waals surface area contributed by atoms with Gasteiger partial charge < -0.3 is 10.2 Å². The molecular weight excluding hydrogens is 492 g/mol. The molecule has 0 bridgehead atoms. The molecular formula is C33H27ClN2O2. The lowest BCUT2D eigenvalue weighted by molar-refractivity contribution is 0.471. The SMILES string of the molecule is Cc1cc2c(c(N=Nc3ccc(/C=C(/Cl)c4ccc(/C=C\c5ccc(O)cc5)cc4)cc3)c1O)C=CCC2. The summed E-state index contributed by atoms with van der Waals surface area (Å²) in [6.45, 7) is 1.89. The molecule has 0 heterocycles. The summed E-state index contributed by atoms with van der Waals surface area (Å²) in [7, 11) is 0. The predicted molar refractivity (Wildman–Crippen MR) is 158 cm³/mol.